The largest absolute Gasteiger partial charge is 0.494 e. The summed E-state index contributed by atoms with van der Waals surface area (Å²) < 4.78 is 14.5. The van der Waals surface area contributed by atoms with Crippen molar-refractivity contribution in [3.63, 3.8) is 0 Å². The van der Waals surface area contributed by atoms with E-state index in [1.165, 1.54) is 43.2 Å². The van der Waals surface area contributed by atoms with Gasteiger partial charge in [0.1, 0.15) is 11.5 Å². The van der Waals surface area contributed by atoms with Gasteiger partial charge in [0.25, 0.3) is 0 Å². The zero-order valence-corrected chi connectivity index (χ0v) is 45.5. The molecule has 2 unspecified atom stereocenters. The van der Waals surface area contributed by atoms with Gasteiger partial charge >= 0.3 is 0 Å². The van der Waals surface area contributed by atoms with Gasteiger partial charge in [0, 0.05) is 8.95 Å². The third-order valence-corrected chi connectivity index (χ3v) is 14.1. The lowest BCUT2D eigenvalue weighted by molar-refractivity contribution is 0.276. The van der Waals surface area contributed by atoms with Crippen LogP contribution in [0.4, 0.5) is 0 Å². The number of rotatable bonds is 24. The molecular weight excluding hydrogens is 997 g/mol. The van der Waals surface area contributed by atoms with Crippen LogP contribution in [0.1, 0.15) is 124 Å². The quantitative estimate of drug-likeness (QED) is 0.0562. The summed E-state index contributed by atoms with van der Waals surface area (Å²) in [6.45, 7) is 13.0. The van der Waals surface area contributed by atoms with Crippen molar-refractivity contribution in [2.75, 3.05) is 13.2 Å². The minimum Gasteiger partial charge on any atom is -0.494 e. The highest BCUT2D eigenvalue weighted by atomic mass is 79.9. The van der Waals surface area contributed by atoms with Crippen LogP contribution in [0.2, 0.25) is 0 Å². The summed E-state index contributed by atoms with van der Waals surface area (Å²) >= 11 is 7.12. The van der Waals surface area contributed by atoms with E-state index in [1.54, 1.807) is 0 Å². The van der Waals surface area contributed by atoms with Crippen LogP contribution in [0.25, 0.3) is 70.9 Å². The third kappa shape index (κ3) is 17.4. The molecule has 2 atom stereocenters. The molecule has 0 saturated carbocycles. The number of benzene rings is 7. The Kier molecular flexibility index (Phi) is 20.6. The van der Waals surface area contributed by atoms with Crippen LogP contribution in [0, 0.1) is 17.8 Å². The van der Waals surface area contributed by atoms with E-state index < -0.39 is 0 Å². The van der Waals surface area contributed by atoms with Crippen molar-refractivity contribution in [1.82, 2.24) is 0 Å². The molecule has 0 N–H and O–H groups in total. The molecule has 71 heavy (non-hydrogen) atoms. The van der Waals surface area contributed by atoms with E-state index in [2.05, 4.69) is 273 Å². The summed E-state index contributed by atoms with van der Waals surface area (Å²) in [6.07, 6.45) is 26.0. The molecule has 4 heteroatoms. The summed E-state index contributed by atoms with van der Waals surface area (Å²) in [5.74, 6) is 3.94. The standard InChI is InChI=1S/C67H70Br2O2/c1-6-8-50(4)43-45-70-64-39-31-61(32-40-64)67-47-56(21-30-59(67)28-20-55-25-37-63(69)38-26-55)17-15-52-11-13-53(14-12-52)19-27-58-29-22-57(18-16-54-23-35-62(68)36-24-54)48-66(58)60-33-41-65(42-34-60)71-46-44-51(5)10-7-9-49(2)3/h11-42,47-51H,6-10,43-46H2,1-5H3. The molecule has 7 aromatic rings. The molecule has 0 bridgehead atoms. The summed E-state index contributed by atoms with van der Waals surface area (Å²) in [4.78, 5) is 0. The molecule has 0 aliphatic carbocycles. The topological polar surface area (TPSA) is 18.5 Å². The number of ether oxygens (including phenoxy) is 2. The predicted octanol–water partition coefficient (Wildman–Crippen LogP) is 20.7. The minimum absolute atomic E-state index is 0.669. The first kappa shape index (κ1) is 52.9. The first-order valence-electron chi connectivity index (χ1n) is 25.6. The fourth-order valence-corrected chi connectivity index (χ4v) is 9.17. The fraction of sp³-hybridized carbons (Fsp3) is 0.254. The lowest BCUT2D eigenvalue weighted by Gasteiger charge is -2.14. The zero-order chi connectivity index (χ0) is 49.8. The number of halogens is 2. The van der Waals surface area contributed by atoms with Crippen molar-refractivity contribution in [1.29, 1.82) is 0 Å². The van der Waals surface area contributed by atoms with Crippen LogP contribution >= 0.6 is 31.9 Å². The molecule has 0 aromatic heterocycles. The van der Waals surface area contributed by atoms with Crippen LogP contribution < -0.4 is 9.47 Å². The molecule has 7 aromatic carbocycles. The highest BCUT2D eigenvalue weighted by Crippen LogP contribution is 2.32. The minimum atomic E-state index is 0.669. The molecule has 0 spiro atoms. The Morgan fingerprint density at radius 2 is 0.732 bits per heavy atom. The SMILES string of the molecule is CCCC(C)CCOc1ccc(-c2cc(C=Cc3ccc(C=Cc4ccc(C=Cc5ccc(Br)cc5)cc4-c4ccc(OCCC(C)CCCC(C)C)cc4)cc3)ccc2C=Cc2ccc(Br)cc2)cc1. The second kappa shape index (κ2) is 27.6. The average Bonchev–Trinajstić information content (AvgIpc) is 3.38. The number of hydrogen-bond donors (Lipinski definition) is 0. The second-order valence-electron chi connectivity index (χ2n) is 19.4. The first-order chi connectivity index (χ1) is 34.6. The molecule has 364 valence electrons. The van der Waals surface area contributed by atoms with Gasteiger partial charge in [-0.2, -0.15) is 0 Å². The number of hydrogen-bond acceptors (Lipinski definition) is 2. The van der Waals surface area contributed by atoms with Gasteiger partial charge in [-0.3, -0.25) is 0 Å². The summed E-state index contributed by atoms with van der Waals surface area (Å²) in [7, 11) is 0. The Labute approximate surface area is 442 Å². The Bertz CT molecular complexity index is 2830. The van der Waals surface area contributed by atoms with E-state index in [9.17, 15) is 0 Å². The van der Waals surface area contributed by atoms with Crippen molar-refractivity contribution < 1.29 is 9.47 Å². The van der Waals surface area contributed by atoms with E-state index in [4.69, 9.17) is 9.47 Å². The van der Waals surface area contributed by atoms with Crippen molar-refractivity contribution in [3.8, 4) is 33.8 Å². The van der Waals surface area contributed by atoms with Gasteiger partial charge in [-0.1, -0.05) is 244 Å². The van der Waals surface area contributed by atoms with Crippen LogP contribution in [0.3, 0.4) is 0 Å². The molecule has 0 heterocycles. The molecule has 0 fully saturated rings. The van der Waals surface area contributed by atoms with Crippen LogP contribution in [-0.2, 0) is 0 Å². The third-order valence-electron chi connectivity index (χ3n) is 13.0. The lowest BCUT2D eigenvalue weighted by Crippen LogP contribution is -2.04. The van der Waals surface area contributed by atoms with Gasteiger partial charge < -0.3 is 9.47 Å². The maximum absolute atomic E-state index is 6.24. The van der Waals surface area contributed by atoms with Gasteiger partial charge in [0.15, 0.2) is 0 Å². The Morgan fingerprint density at radius 3 is 1.13 bits per heavy atom. The summed E-state index contributed by atoms with van der Waals surface area (Å²) in [6, 6.07) is 56.2. The van der Waals surface area contributed by atoms with Crippen molar-refractivity contribution in [2.45, 2.75) is 79.6 Å². The van der Waals surface area contributed by atoms with Crippen LogP contribution in [0.15, 0.2) is 167 Å². The van der Waals surface area contributed by atoms with E-state index >= 15 is 0 Å². The van der Waals surface area contributed by atoms with E-state index in [0.717, 1.165) is 108 Å². The first-order valence-corrected chi connectivity index (χ1v) is 27.2. The Hall–Kier alpha value is -5.94. The molecule has 0 aliphatic heterocycles. The smallest absolute Gasteiger partial charge is 0.119 e. The van der Waals surface area contributed by atoms with Crippen molar-refractivity contribution in [2.24, 2.45) is 17.8 Å². The van der Waals surface area contributed by atoms with Gasteiger partial charge in [-0.05, 0) is 158 Å². The molecule has 0 radical (unpaired) electrons. The van der Waals surface area contributed by atoms with Gasteiger partial charge in [0.05, 0.1) is 13.2 Å². The van der Waals surface area contributed by atoms with Gasteiger partial charge in [-0.15, -0.1) is 0 Å². The van der Waals surface area contributed by atoms with E-state index in [-0.39, 0.29) is 0 Å². The summed E-state index contributed by atoms with van der Waals surface area (Å²) in [5.41, 5.74) is 13.9. The average molecular weight is 1070 g/mol. The maximum Gasteiger partial charge on any atom is 0.119 e. The van der Waals surface area contributed by atoms with Gasteiger partial charge in [-0.25, -0.2) is 0 Å². The highest BCUT2D eigenvalue weighted by molar-refractivity contribution is 9.10. The molecule has 2 nitrogen and oxygen atoms in total. The Balaban J connectivity index is 1.06. The second-order valence-corrected chi connectivity index (χ2v) is 21.3. The van der Waals surface area contributed by atoms with Crippen LogP contribution in [-0.4, -0.2) is 13.2 Å². The van der Waals surface area contributed by atoms with Crippen molar-refractivity contribution in [3.05, 3.63) is 211 Å². The molecule has 0 saturated heterocycles. The molecule has 0 amide bonds. The highest BCUT2D eigenvalue weighted by Gasteiger charge is 2.10. The fourth-order valence-electron chi connectivity index (χ4n) is 8.64. The summed E-state index contributed by atoms with van der Waals surface area (Å²) in [5, 5.41) is 0. The molecule has 0 aliphatic rings. The lowest BCUT2D eigenvalue weighted by atomic mass is 9.95. The zero-order valence-electron chi connectivity index (χ0n) is 42.3. The normalized spacial score (nSPS) is 12.7. The maximum atomic E-state index is 6.24. The molecular formula is C67H70Br2O2. The predicted molar refractivity (Wildman–Crippen MR) is 316 cm³/mol. The van der Waals surface area contributed by atoms with E-state index in [0.29, 0.717) is 11.8 Å². The Morgan fingerprint density at radius 1 is 0.380 bits per heavy atom. The van der Waals surface area contributed by atoms with Crippen molar-refractivity contribution >= 4 is 80.5 Å². The monoisotopic (exact) mass is 1060 g/mol. The molecule has 7 rings (SSSR count). The van der Waals surface area contributed by atoms with Gasteiger partial charge in [0.2, 0.25) is 0 Å². The van der Waals surface area contributed by atoms with E-state index in [1.807, 2.05) is 0 Å². The van der Waals surface area contributed by atoms with Crippen LogP contribution in [0.5, 0.6) is 11.5 Å².